The maximum atomic E-state index is 14.0. The lowest BCUT2D eigenvalue weighted by molar-refractivity contribution is -0.140. The van der Waals surface area contributed by atoms with Gasteiger partial charge in [0.15, 0.2) is 0 Å². The number of benzene rings is 3. The molecule has 7 nitrogen and oxygen atoms in total. The van der Waals surface area contributed by atoms with Crippen molar-refractivity contribution in [2.75, 3.05) is 17.1 Å². The molecule has 0 bridgehead atoms. The summed E-state index contributed by atoms with van der Waals surface area (Å²) in [6.45, 7) is 5.50. The molecule has 39 heavy (non-hydrogen) atoms. The number of nitrogens with zero attached hydrogens (tertiary/aromatic N) is 2. The van der Waals surface area contributed by atoms with Gasteiger partial charge < -0.3 is 10.2 Å². The van der Waals surface area contributed by atoms with E-state index in [4.69, 9.17) is 0 Å². The monoisotopic (exact) mass is 613 g/mol. The maximum absolute atomic E-state index is 14.0. The van der Waals surface area contributed by atoms with E-state index in [2.05, 4.69) is 21.2 Å². The summed E-state index contributed by atoms with van der Waals surface area (Å²) < 4.78 is 27.6. The van der Waals surface area contributed by atoms with Crippen molar-refractivity contribution in [1.29, 1.82) is 0 Å². The predicted octanol–water partition coefficient (Wildman–Crippen LogP) is 5.08. The second kappa shape index (κ2) is 13.8. The summed E-state index contributed by atoms with van der Waals surface area (Å²) in [4.78, 5) is 29.2. The van der Waals surface area contributed by atoms with Crippen LogP contribution < -0.4 is 9.62 Å². The largest absolute Gasteiger partial charge is 0.352 e. The number of rotatable bonds is 12. The molecule has 2 amide bonds. The number of hydrogen-bond acceptors (Lipinski definition) is 4. The van der Waals surface area contributed by atoms with E-state index in [1.807, 2.05) is 75.4 Å². The van der Waals surface area contributed by atoms with Gasteiger partial charge in [0.2, 0.25) is 21.8 Å². The lowest BCUT2D eigenvalue weighted by Crippen LogP contribution is -2.54. The number of nitrogens with one attached hydrogen (secondary N) is 1. The summed E-state index contributed by atoms with van der Waals surface area (Å²) in [5, 5.41) is 3.03. The minimum atomic E-state index is -3.79. The molecule has 0 saturated heterocycles. The molecule has 0 aromatic heterocycles. The molecule has 0 unspecified atom stereocenters. The van der Waals surface area contributed by atoms with Crippen LogP contribution in [0.25, 0.3) is 0 Å². The van der Waals surface area contributed by atoms with Crippen LogP contribution >= 0.6 is 15.9 Å². The van der Waals surface area contributed by atoms with Crippen LogP contribution in [0, 0.1) is 6.92 Å². The zero-order valence-corrected chi connectivity index (χ0v) is 25.2. The Morgan fingerprint density at radius 1 is 0.949 bits per heavy atom. The topological polar surface area (TPSA) is 86.8 Å². The molecular formula is C30H36BrN3O4S. The Bertz CT molecular complexity index is 1360. The number of anilines is 1. The van der Waals surface area contributed by atoms with Crippen LogP contribution in [0.15, 0.2) is 83.3 Å². The van der Waals surface area contributed by atoms with Gasteiger partial charge in [0.25, 0.3) is 0 Å². The third-order valence-corrected chi connectivity index (χ3v) is 8.15. The Hall–Kier alpha value is -3.17. The number of sulfonamides is 1. The molecular weight excluding hydrogens is 578 g/mol. The molecule has 0 fully saturated rings. The maximum Gasteiger partial charge on any atom is 0.244 e. The first-order valence-electron chi connectivity index (χ1n) is 12.9. The number of amides is 2. The first kappa shape index (κ1) is 30.4. The Balaban J connectivity index is 2.05. The Labute approximate surface area is 240 Å². The van der Waals surface area contributed by atoms with E-state index < -0.39 is 28.5 Å². The first-order chi connectivity index (χ1) is 18.5. The van der Waals surface area contributed by atoms with Gasteiger partial charge in [0.05, 0.1) is 11.9 Å². The molecule has 0 radical (unpaired) electrons. The molecule has 0 saturated carbocycles. The van der Waals surface area contributed by atoms with E-state index in [9.17, 15) is 18.0 Å². The van der Waals surface area contributed by atoms with Gasteiger partial charge in [-0.25, -0.2) is 8.42 Å². The quantitative estimate of drug-likeness (QED) is 0.309. The van der Waals surface area contributed by atoms with Crippen molar-refractivity contribution in [2.24, 2.45) is 0 Å². The van der Waals surface area contributed by atoms with Crippen molar-refractivity contribution in [3.8, 4) is 0 Å². The highest BCUT2D eigenvalue weighted by Crippen LogP contribution is 2.22. The van der Waals surface area contributed by atoms with Gasteiger partial charge in [-0.1, -0.05) is 83.0 Å². The van der Waals surface area contributed by atoms with Crippen molar-refractivity contribution < 1.29 is 18.0 Å². The zero-order valence-electron chi connectivity index (χ0n) is 22.8. The van der Waals surface area contributed by atoms with E-state index in [-0.39, 0.29) is 24.9 Å². The average molecular weight is 615 g/mol. The number of carbonyl (C=O) groups excluding carboxylic acids is 2. The van der Waals surface area contributed by atoms with Gasteiger partial charge >= 0.3 is 0 Å². The molecule has 0 heterocycles. The van der Waals surface area contributed by atoms with Gasteiger partial charge in [-0.2, -0.15) is 0 Å². The molecule has 0 aliphatic heterocycles. The fourth-order valence-corrected chi connectivity index (χ4v) is 5.45. The van der Waals surface area contributed by atoms with Crippen molar-refractivity contribution in [1.82, 2.24) is 10.2 Å². The first-order valence-corrected chi connectivity index (χ1v) is 15.5. The summed E-state index contributed by atoms with van der Waals surface area (Å²) in [7, 11) is -3.79. The highest BCUT2D eigenvalue weighted by atomic mass is 79.9. The van der Waals surface area contributed by atoms with E-state index in [1.165, 1.54) is 4.90 Å². The van der Waals surface area contributed by atoms with Crippen LogP contribution in [0.4, 0.5) is 5.69 Å². The van der Waals surface area contributed by atoms with Gasteiger partial charge in [-0.05, 0) is 55.7 Å². The summed E-state index contributed by atoms with van der Waals surface area (Å²) >= 11 is 3.48. The smallest absolute Gasteiger partial charge is 0.244 e. The summed E-state index contributed by atoms with van der Waals surface area (Å²) in [5.74, 6) is -0.751. The molecule has 3 rings (SSSR count). The van der Waals surface area contributed by atoms with Crippen LogP contribution in [0.1, 0.15) is 37.0 Å². The highest BCUT2D eigenvalue weighted by Gasteiger charge is 2.33. The van der Waals surface area contributed by atoms with E-state index >= 15 is 0 Å². The fourth-order valence-electron chi connectivity index (χ4n) is 4.15. The van der Waals surface area contributed by atoms with Crippen molar-refractivity contribution in [3.05, 3.63) is 100 Å². The number of carbonyl (C=O) groups is 2. The minimum absolute atomic E-state index is 0.0846. The number of aryl methyl sites for hydroxylation is 1. The Morgan fingerprint density at radius 3 is 2.18 bits per heavy atom. The van der Waals surface area contributed by atoms with E-state index in [1.54, 1.807) is 24.3 Å². The van der Waals surface area contributed by atoms with Crippen molar-refractivity contribution in [2.45, 2.75) is 52.2 Å². The predicted molar refractivity (Wildman–Crippen MR) is 160 cm³/mol. The van der Waals surface area contributed by atoms with Gasteiger partial charge in [-0.3, -0.25) is 13.9 Å². The second-order valence-electron chi connectivity index (χ2n) is 9.78. The third-order valence-electron chi connectivity index (χ3n) is 6.52. The SMILES string of the molecule is CC[C@@H](C)NC(=O)[C@H](Cc1ccccc1)N(Cc1cccc(Br)c1)C(=O)CN(c1ccc(C)cc1)S(C)(=O)=O. The lowest BCUT2D eigenvalue weighted by Gasteiger charge is -2.34. The van der Waals surface area contributed by atoms with E-state index in [0.717, 1.165) is 38.1 Å². The van der Waals surface area contributed by atoms with Gasteiger partial charge in [0.1, 0.15) is 12.6 Å². The highest BCUT2D eigenvalue weighted by molar-refractivity contribution is 9.10. The molecule has 3 aromatic carbocycles. The number of halogens is 1. The van der Waals surface area contributed by atoms with Crippen LogP contribution in [0.2, 0.25) is 0 Å². The molecule has 0 aliphatic carbocycles. The van der Waals surface area contributed by atoms with Crippen LogP contribution in [0.3, 0.4) is 0 Å². The molecule has 9 heteroatoms. The van der Waals surface area contributed by atoms with Crippen molar-refractivity contribution >= 4 is 43.5 Å². The molecule has 208 valence electrons. The van der Waals surface area contributed by atoms with Gasteiger partial charge in [-0.15, -0.1) is 0 Å². The standard InChI is InChI=1S/C30H36BrN3O4S/c1-5-23(3)32-30(36)28(19-24-10-7-6-8-11-24)33(20-25-12-9-13-26(31)18-25)29(35)21-34(39(4,37)38)27-16-14-22(2)15-17-27/h6-18,23,28H,5,19-21H2,1-4H3,(H,32,36)/t23-,28+/m1/s1. The summed E-state index contributed by atoms with van der Waals surface area (Å²) in [6.07, 6.45) is 2.10. The zero-order chi connectivity index (χ0) is 28.6. The summed E-state index contributed by atoms with van der Waals surface area (Å²) in [5.41, 5.74) is 3.07. The average Bonchev–Trinajstić information content (AvgIpc) is 2.89. The minimum Gasteiger partial charge on any atom is -0.352 e. The Morgan fingerprint density at radius 2 is 1.59 bits per heavy atom. The molecule has 0 spiro atoms. The molecule has 0 aliphatic rings. The van der Waals surface area contributed by atoms with Gasteiger partial charge in [0, 0.05) is 23.5 Å². The molecule has 2 atom stereocenters. The third kappa shape index (κ3) is 8.93. The number of hydrogen-bond donors (Lipinski definition) is 1. The molecule has 3 aromatic rings. The lowest BCUT2D eigenvalue weighted by atomic mass is 10.0. The van der Waals surface area contributed by atoms with Crippen LogP contribution in [0.5, 0.6) is 0 Å². The second-order valence-corrected chi connectivity index (χ2v) is 12.6. The summed E-state index contributed by atoms with van der Waals surface area (Å²) in [6, 6.07) is 23.1. The van der Waals surface area contributed by atoms with E-state index in [0.29, 0.717) is 5.69 Å². The Kier molecular flexibility index (Phi) is 10.7. The van der Waals surface area contributed by atoms with Crippen LogP contribution in [-0.2, 0) is 32.6 Å². The van der Waals surface area contributed by atoms with Crippen molar-refractivity contribution in [3.63, 3.8) is 0 Å². The van der Waals surface area contributed by atoms with Crippen LogP contribution in [-0.4, -0.2) is 50.0 Å². The normalized spacial score (nSPS) is 12.8. The molecule has 1 N–H and O–H groups in total. The fraction of sp³-hybridized carbons (Fsp3) is 0.333.